The van der Waals surface area contributed by atoms with Crippen LogP contribution in [-0.2, 0) is 4.74 Å². The minimum Gasteiger partial charge on any atom is -0.507 e. The molecule has 3 fully saturated rings. The fourth-order valence-corrected chi connectivity index (χ4v) is 9.50. The number of nitrogens with zero attached hydrogens (tertiary/aromatic N) is 7. The Morgan fingerprint density at radius 1 is 0.948 bits per heavy atom. The molecule has 6 heterocycles. The Morgan fingerprint density at radius 3 is 2.57 bits per heavy atom. The largest absolute Gasteiger partial charge is 0.507 e. The molecule has 0 aliphatic carbocycles. The van der Waals surface area contributed by atoms with Crippen molar-refractivity contribution in [2.24, 2.45) is 5.92 Å². The number of benzene rings is 3. The molecular formula is C46H55N9O3. The van der Waals surface area contributed by atoms with Gasteiger partial charge in [-0.15, -0.1) is 10.2 Å². The number of likely N-dealkylation sites (tertiary alicyclic amines) is 2. The van der Waals surface area contributed by atoms with Crippen LogP contribution in [0.2, 0.25) is 0 Å². The van der Waals surface area contributed by atoms with Crippen LogP contribution < -0.4 is 20.9 Å². The average molecular weight is 784 g/mol. The van der Waals surface area contributed by atoms with Crippen molar-refractivity contribution in [3.63, 3.8) is 0 Å². The summed E-state index contributed by atoms with van der Waals surface area (Å²) < 4.78 is 25.3. The number of aromatic nitrogens is 3. The standard InChI is InChI=1S/C46H55N9O3/c1-31-25-34(11-12-36(31)44-29-53(23-24-58-44)42-27-39(49-50-45(42)47)37-7-3-4-10-43(37)56)46(57)52-21-13-33(14-22-52)28-51-19-15-35(16-20-51)55-32(2)26-38-40(8-5-9-41(38)55)54-18-6-17-48-30-54/h3-12,18,25-27,33,35,44,48,56H,13-17,19-24,28-30H2,1-2H3,(H2,47,50)/i17D,30D/t17?,30-,44?/m1/s1. The number of amides is 1. The van der Waals surface area contributed by atoms with Crippen molar-refractivity contribution in [1.29, 1.82) is 0 Å². The lowest BCUT2D eigenvalue weighted by molar-refractivity contribution is 0.0394. The molecular weight excluding hydrogens is 727 g/mol. The number of hydrogen-bond acceptors (Lipinski definition) is 10. The predicted octanol–water partition coefficient (Wildman–Crippen LogP) is 6.65. The minimum atomic E-state index is -0.696. The van der Waals surface area contributed by atoms with E-state index in [9.17, 15) is 9.90 Å². The molecule has 302 valence electrons. The lowest BCUT2D eigenvalue weighted by Crippen LogP contribution is -2.43. The second-order valence-electron chi connectivity index (χ2n) is 16.2. The van der Waals surface area contributed by atoms with Crippen LogP contribution in [0.15, 0.2) is 85.1 Å². The molecule has 9 rings (SSSR count). The molecule has 5 aromatic rings. The molecule has 12 heteroatoms. The van der Waals surface area contributed by atoms with Crippen molar-refractivity contribution in [1.82, 2.24) is 29.9 Å². The Balaban J connectivity index is 0.778. The first-order valence-corrected chi connectivity index (χ1v) is 20.7. The summed E-state index contributed by atoms with van der Waals surface area (Å²) in [7, 11) is 0. The number of ether oxygens (including phenoxy) is 1. The summed E-state index contributed by atoms with van der Waals surface area (Å²) in [4.78, 5) is 22.5. The summed E-state index contributed by atoms with van der Waals surface area (Å²) in [6.07, 6.45) is 7.64. The van der Waals surface area contributed by atoms with E-state index in [1.165, 1.54) is 11.2 Å². The molecule has 58 heavy (non-hydrogen) atoms. The van der Waals surface area contributed by atoms with E-state index in [1.807, 2.05) is 59.3 Å². The lowest BCUT2D eigenvalue weighted by Gasteiger charge is -2.38. The minimum absolute atomic E-state index is 0.0892. The van der Waals surface area contributed by atoms with Crippen molar-refractivity contribution in [3.05, 3.63) is 107 Å². The number of para-hydroxylation sites is 1. The Labute approximate surface area is 343 Å². The van der Waals surface area contributed by atoms with Crippen molar-refractivity contribution in [3.8, 4) is 17.0 Å². The zero-order valence-corrected chi connectivity index (χ0v) is 33.4. The van der Waals surface area contributed by atoms with Gasteiger partial charge in [0.25, 0.3) is 5.91 Å². The van der Waals surface area contributed by atoms with Gasteiger partial charge in [0, 0.05) is 88.2 Å². The first-order valence-electron chi connectivity index (χ1n) is 21.8. The number of aryl methyl sites for hydroxylation is 2. The zero-order valence-electron chi connectivity index (χ0n) is 35.4. The third-order valence-electron chi connectivity index (χ3n) is 12.6. The van der Waals surface area contributed by atoms with Crippen LogP contribution in [0.4, 0.5) is 17.2 Å². The summed E-state index contributed by atoms with van der Waals surface area (Å²) in [5, 5.41) is 23.0. The van der Waals surface area contributed by atoms with E-state index in [2.05, 4.69) is 61.1 Å². The molecule has 0 saturated carbocycles. The highest BCUT2D eigenvalue weighted by molar-refractivity contribution is 5.95. The van der Waals surface area contributed by atoms with Gasteiger partial charge in [-0.2, -0.15) is 0 Å². The SMILES string of the molecule is [2H]C1C=CN(c2cccc3c2cc(C)n3C2CCN(CC3CCN(C(=O)c4ccc(C5CN(c6cc(-c7ccccc7O)nnc6N)CCO5)c(C)c4)CC3)CC2)[C@H]([2H])N1. The molecule has 4 N–H and O–H groups in total. The van der Waals surface area contributed by atoms with Gasteiger partial charge < -0.3 is 39.7 Å². The Bertz CT molecular complexity index is 2390. The molecule has 1 amide bonds. The number of fused-ring (bicyclic) bond motifs is 1. The van der Waals surface area contributed by atoms with Gasteiger partial charge in [-0.25, -0.2) is 0 Å². The maximum Gasteiger partial charge on any atom is 0.253 e. The van der Waals surface area contributed by atoms with Crippen molar-refractivity contribution in [2.45, 2.75) is 51.7 Å². The molecule has 3 aromatic carbocycles. The fraction of sp³-hybridized carbons (Fsp3) is 0.413. The Kier molecular flexibility index (Phi) is 10.1. The Morgan fingerprint density at radius 2 is 1.78 bits per heavy atom. The predicted molar refractivity (Wildman–Crippen MR) is 230 cm³/mol. The van der Waals surface area contributed by atoms with Crippen LogP contribution in [0, 0.1) is 19.8 Å². The topological polar surface area (TPSA) is 128 Å². The molecule has 3 atom stereocenters. The smallest absolute Gasteiger partial charge is 0.253 e. The van der Waals surface area contributed by atoms with E-state index in [0.29, 0.717) is 54.3 Å². The summed E-state index contributed by atoms with van der Waals surface area (Å²) in [6, 6.07) is 24.0. The summed E-state index contributed by atoms with van der Waals surface area (Å²) in [6.45, 7) is 9.42. The molecule has 2 aromatic heterocycles. The maximum absolute atomic E-state index is 13.8. The number of phenols is 1. The first kappa shape index (κ1) is 35.7. The number of rotatable bonds is 8. The van der Waals surface area contributed by atoms with E-state index < -0.39 is 13.2 Å². The van der Waals surface area contributed by atoms with Gasteiger partial charge in [0.1, 0.15) is 11.9 Å². The van der Waals surface area contributed by atoms with Crippen molar-refractivity contribution >= 4 is 34.0 Å². The van der Waals surface area contributed by atoms with Crippen LogP contribution in [0.3, 0.4) is 0 Å². The Hall–Kier alpha value is -5.43. The van der Waals surface area contributed by atoms with Crippen LogP contribution in [0.5, 0.6) is 5.75 Å². The molecule has 0 radical (unpaired) electrons. The van der Waals surface area contributed by atoms with Gasteiger partial charge in [0.05, 0.1) is 37.2 Å². The normalized spacial score (nSPS) is 23.0. The molecule has 2 unspecified atom stereocenters. The van der Waals surface area contributed by atoms with E-state index >= 15 is 0 Å². The number of carbonyl (C=O) groups is 1. The number of nitrogen functional groups attached to an aromatic ring is 1. The zero-order chi connectivity index (χ0) is 41.5. The number of hydrogen-bond donors (Lipinski definition) is 3. The molecule has 12 nitrogen and oxygen atoms in total. The van der Waals surface area contributed by atoms with Crippen molar-refractivity contribution < 1.29 is 17.4 Å². The third-order valence-corrected chi connectivity index (χ3v) is 12.6. The molecule has 0 spiro atoms. The number of phenolic OH excluding ortho intramolecular Hbond substituents is 1. The highest BCUT2D eigenvalue weighted by atomic mass is 16.5. The van der Waals surface area contributed by atoms with Crippen LogP contribution >= 0.6 is 0 Å². The summed E-state index contributed by atoms with van der Waals surface area (Å²) in [5.41, 5.74) is 14.4. The maximum atomic E-state index is 13.8. The number of aromatic hydroxyl groups is 1. The van der Waals surface area contributed by atoms with Crippen LogP contribution in [0.1, 0.15) is 67.7 Å². The van der Waals surface area contributed by atoms with E-state index in [-0.39, 0.29) is 17.8 Å². The number of nitrogens with one attached hydrogen (secondary N) is 1. The van der Waals surface area contributed by atoms with Crippen molar-refractivity contribution in [2.75, 3.05) is 81.1 Å². The summed E-state index contributed by atoms with van der Waals surface area (Å²) in [5.74, 6) is 1.12. The number of nitrogens with two attached hydrogens (primary N) is 1. The number of piperidine rings is 2. The van der Waals surface area contributed by atoms with Gasteiger partial charge in [-0.3, -0.25) is 10.1 Å². The highest BCUT2D eigenvalue weighted by Gasteiger charge is 2.30. The molecule has 3 saturated heterocycles. The van der Waals surface area contributed by atoms with Crippen LogP contribution in [-0.4, -0.2) is 101 Å². The molecule has 4 aliphatic rings. The second kappa shape index (κ2) is 16.4. The highest BCUT2D eigenvalue weighted by Crippen LogP contribution is 2.37. The number of carbonyl (C=O) groups excluding carboxylic acids is 1. The van der Waals surface area contributed by atoms with E-state index in [0.717, 1.165) is 86.3 Å². The average Bonchev–Trinajstić information content (AvgIpc) is 3.60. The van der Waals surface area contributed by atoms with E-state index in [4.69, 9.17) is 13.2 Å². The third kappa shape index (κ3) is 7.64. The first-order chi connectivity index (χ1) is 29.1. The fourth-order valence-electron chi connectivity index (χ4n) is 9.50. The quantitative estimate of drug-likeness (QED) is 0.158. The second-order valence-corrected chi connectivity index (χ2v) is 16.2. The molecule has 0 bridgehead atoms. The number of anilines is 3. The number of morpholine rings is 1. The van der Waals surface area contributed by atoms with Gasteiger partial charge in [0.15, 0.2) is 5.82 Å². The van der Waals surface area contributed by atoms with Gasteiger partial charge >= 0.3 is 0 Å². The lowest BCUT2D eigenvalue weighted by atomic mass is 9.93. The molecule has 4 aliphatic heterocycles. The van der Waals surface area contributed by atoms with Gasteiger partial charge in [-0.1, -0.05) is 30.3 Å². The summed E-state index contributed by atoms with van der Waals surface area (Å²) >= 11 is 0. The van der Waals surface area contributed by atoms with Gasteiger partial charge in [0.2, 0.25) is 0 Å². The van der Waals surface area contributed by atoms with E-state index in [1.54, 1.807) is 18.2 Å². The van der Waals surface area contributed by atoms with Gasteiger partial charge in [-0.05, 0) is 105 Å². The van der Waals surface area contributed by atoms with Crippen LogP contribution in [0.25, 0.3) is 22.2 Å². The monoisotopic (exact) mass is 783 g/mol.